The predicted molar refractivity (Wildman–Crippen MR) is 108 cm³/mol. The molecule has 0 spiro atoms. The number of furan rings is 1. The van der Waals surface area contributed by atoms with E-state index in [4.69, 9.17) is 4.42 Å². The van der Waals surface area contributed by atoms with Crippen LogP contribution in [0.4, 0.5) is 11.6 Å². The molecular formula is C21H17N5O. The van der Waals surface area contributed by atoms with Crippen LogP contribution in [-0.4, -0.2) is 28.0 Å². The Morgan fingerprint density at radius 3 is 2.67 bits per heavy atom. The van der Waals surface area contributed by atoms with Gasteiger partial charge in [0.25, 0.3) is 0 Å². The molecule has 0 radical (unpaired) electrons. The number of anilines is 2. The summed E-state index contributed by atoms with van der Waals surface area (Å²) >= 11 is 0. The van der Waals surface area contributed by atoms with Gasteiger partial charge in [-0.05, 0) is 30.3 Å². The molecule has 0 aliphatic carbocycles. The molecule has 3 heterocycles. The van der Waals surface area contributed by atoms with E-state index in [0.29, 0.717) is 24.5 Å². The summed E-state index contributed by atoms with van der Waals surface area (Å²) in [6.45, 7) is 1.38. The maximum Gasteiger partial charge on any atom is 0.196 e. The summed E-state index contributed by atoms with van der Waals surface area (Å²) in [5.74, 6) is 1.55. The lowest BCUT2D eigenvalue weighted by atomic mass is 10.2. The number of para-hydroxylation sites is 2. The molecule has 0 atom stereocenters. The SMILES string of the molecule is c1ccc2nc(NCCNc3ncnc4c3oc3ccccc34)ccc2c1. The lowest BCUT2D eigenvalue weighted by Gasteiger charge is -2.08. The van der Waals surface area contributed by atoms with E-state index in [1.807, 2.05) is 48.5 Å². The van der Waals surface area contributed by atoms with Crippen LogP contribution in [0.25, 0.3) is 33.0 Å². The zero-order valence-electron chi connectivity index (χ0n) is 14.5. The zero-order valence-corrected chi connectivity index (χ0v) is 14.5. The van der Waals surface area contributed by atoms with Crippen molar-refractivity contribution in [1.82, 2.24) is 15.0 Å². The largest absolute Gasteiger partial charge is 0.450 e. The number of fused-ring (bicyclic) bond motifs is 4. The van der Waals surface area contributed by atoms with Crippen molar-refractivity contribution in [3.8, 4) is 0 Å². The van der Waals surface area contributed by atoms with Gasteiger partial charge in [-0.25, -0.2) is 15.0 Å². The van der Waals surface area contributed by atoms with Crippen LogP contribution in [0, 0.1) is 0 Å². The van der Waals surface area contributed by atoms with Gasteiger partial charge in [-0.3, -0.25) is 0 Å². The van der Waals surface area contributed by atoms with E-state index in [1.54, 1.807) is 6.33 Å². The Morgan fingerprint density at radius 1 is 0.815 bits per heavy atom. The zero-order chi connectivity index (χ0) is 18.1. The number of nitrogens with zero attached hydrogens (tertiary/aromatic N) is 3. The molecule has 0 amide bonds. The van der Waals surface area contributed by atoms with Gasteiger partial charge in [-0.2, -0.15) is 0 Å². The first-order chi connectivity index (χ1) is 13.4. The molecule has 0 bridgehead atoms. The van der Waals surface area contributed by atoms with E-state index in [0.717, 1.165) is 33.2 Å². The van der Waals surface area contributed by atoms with Crippen molar-refractivity contribution in [2.75, 3.05) is 23.7 Å². The van der Waals surface area contributed by atoms with Crippen molar-refractivity contribution in [2.24, 2.45) is 0 Å². The van der Waals surface area contributed by atoms with E-state index < -0.39 is 0 Å². The summed E-state index contributed by atoms with van der Waals surface area (Å²) in [7, 11) is 0. The first-order valence-electron chi connectivity index (χ1n) is 8.84. The van der Waals surface area contributed by atoms with Gasteiger partial charge < -0.3 is 15.1 Å². The molecule has 0 aliphatic rings. The van der Waals surface area contributed by atoms with Gasteiger partial charge in [0.05, 0.1) is 5.52 Å². The molecule has 132 valence electrons. The highest BCUT2D eigenvalue weighted by Gasteiger charge is 2.12. The summed E-state index contributed by atoms with van der Waals surface area (Å²) in [5, 5.41) is 8.79. The molecular weight excluding hydrogens is 338 g/mol. The highest BCUT2D eigenvalue weighted by atomic mass is 16.3. The number of aromatic nitrogens is 3. The number of benzene rings is 2. The molecule has 5 aromatic rings. The highest BCUT2D eigenvalue weighted by Crippen LogP contribution is 2.30. The lowest BCUT2D eigenvalue weighted by molar-refractivity contribution is 0.666. The summed E-state index contributed by atoms with van der Waals surface area (Å²) in [6, 6.07) is 20.0. The molecule has 2 N–H and O–H groups in total. The predicted octanol–water partition coefficient (Wildman–Crippen LogP) is 4.45. The molecule has 3 aromatic heterocycles. The van der Waals surface area contributed by atoms with Gasteiger partial charge in [0, 0.05) is 23.9 Å². The fraction of sp³-hybridized carbons (Fsp3) is 0.0952. The van der Waals surface area contributed by atoms with E-state index in [-0.39, 0.29) is 0 Å². The second-order valence-corrected chi connectivity index (χ2v) is 6.24. The number of hydrogen-bond acceptors (Lipinski definition) is 6. The minimum Gasteiger partial charge on any atom is -0.450 e. The van der Waals surface area contributed by atoms with Gasteiger partial charge in [-0.1, -0.05) is 30.3 Å². The average molecular weight is 355 g/mol. The first-order valence-corrected chi connectivity index (χ1v) is 8.84. The second-order valence-electron chi connectivity index (χ2n) is 6.24. The minimum atomic E-state index is 0.678. The first kappa shape index (κ1) is 15.6. The molecule has 0 saturated carbocycles. The van der Waals surface area contributed by atoms with Crippen molar-refractivity contribution in [2.45, 2.75) is 0 Å². The summed E-state index contributed by atoms with van der Waals surface area (Å²) < 4.78 is 5.93. The van der Waals surface area contributed by atoms with Crippen LogP contribution in [-0.2, 0) is 0 Å². The van der Waals surface area contributed by atoms with Crippen molar-refractivity contribution in [3.63, 3.8) is 0 Å². The quantitative estimate of drug-likeness (QED) is 0.454. The van der Waals surface area contributed by atoms with E-state index >= 15 is 0 Å². The van der Waals surface area contributed by atoms with Crippen LogP contribution in [0.5, 0.6) is 0 Å². The van der Waals surface area contributed by atoms with Gasteiger partial charge in [0.15, 0.2) is 11.4 Å². The van der Waals surface area contributed by atoms with E-state index in [9.17, 15) is 0 Å². The Labute approximate surface area is 155 Å². The molecule has 0 saturated heterocycles. The monoisotopic (exact) mass is 355 g/mol. The second kappa shape index (κ2) is 6.57. The van der Waals surface area contributed by atoms with Crippen LogP contribution in [0.3, 0.4) is 0 Å². The standard InChI is InChI=1S/C21H17N5O/c1-3-7-16-14(5-1)9-10-18(26-16)22-11-12-23-21-20-19(24-13-25-21)15-6-2-4-8-17(15)27-20/h1-10,13H,11-12H2,(H,22,26)(H,23,24,25). The number of rotatable bonds is 5. The molecule has 0 fully saturated rings. The Hall–Kier alpha value is -3.67. The lowest BCUT2D eigenvalue weighted by Crippen LogP contribution is -2.15. The number of hydrogen-bond donors (Lipinski definition) is 2. The van der Waals surface area contributed by atoms with Crippen molar-refractivity contribution in [3.05, 3.63) is 67.0 Å². The van der Waals surface area contributed by atoms with Crippen LogP contribution in [0.2, 0.25) is 0 Å². The molecule has 0 aliphatic heterocycles. The molecule has 5 rings (SSSR count). The van der Waals surface area contributed by atoms with Crippen LogP contribution < -0.4 is 10.6 Å². The van der Waals surface area contributed by atoms with Gasteiger partial charge in [0.2, 0.25) is 0 Å². The Balaban J connectivity index is 1.30. The minimum absolute atomic E-state index is 0.678. The summed E-state index contributed by atoms with van der Waals surface area (Å²) in [4.78, 5) is 13.3. The molecule has 6 heteroatoms. The Kier molecular flexibility index (Phi) is 3.79. The number of pyridine rings is 1. The summed E-state index contributed by atoms with van der Waals surface area (Å²) in [5.41, 5.74) is 3.31. The topological polar surface area (TPSA) is 75.9 Å². The van der Waals surface area contributed by atoms with E-state index in [1.165, 1.54) is 0 Å². The van der Waals surface area contributed by atoms with Gasteiger partial charge >= 0.3 is 0 Å². The third kappa shape index (κ3) is 2.91. The maximum absolute atomic E-state index is 5.93. The van der Waals surface area contributed by atoms with Gasteiger partial charge in [-0.15, -0.1) is 0 Å². The van der Waals surface area contributed by atoms with Crippen molar-refractivity contribution in [1.29, 1.82) is 0 Å². The van der Waals surface area contributed by atoms with Crippen molar-refractivity contribution < 1.29 is 4.42 Å². The fourth-order valence-electron chi connectivity index (χ4n) is 3.19. The van der Waals surface area contributed by atoms with Crippen LogP contribution in [0.1, 0.15) is 0 Å². The van der Waals surface area contributed by atoms with E-state index in [2.05, 4.69) is 37.7 Å². The van der Waals surface area contributed by atoms with Crippen LogP contribution in [0.15, 0.2) is 71.4 Å². The Morgan fingerprint density at radius 2 is 1.67 bits per heavy atom. The summed E-state index contributed by atoms with van der Waals surface area (Å²) in [6.07, 6.45) is 1.56. The van der Waals surface area contributed by atoms with Crippen molar-refractivity contribution >= 4 is 44.6 Å². The number of nitrogens with one attached hydrogen (secondary N) is 2. The Bertz CT molecular complexity index is 1250. The molecule has 0 unspecified atom stereocenters. The third-order valence-corrected chi connectivity index (χ3v) is 4.48. The maximum atomic E-state index is 5.93. The smallest absolute Gasteiger partial charge is 0.196 e. The molecule has 6 nitrogen and oxygen atoms in total. The van der Waals surface area contributed by atoms with Gasteiger partial charge in [0.1, 0.15) is 23.2 Å². The normalized spacial score (nSPS) is 11.3. The fourth-order valence-corrected chi connectivity index (χ4v) is 3.19. The molecule has 2 aromatic carbocycles. The van der Waals surface area contributed by atoms with Crippen LogP contribution >= 0.6 is 0 Å². The average Bonchev–Trinajstić information content (AvgIpc) is 3.11. The molecule has 27 heavy (non-hydrogen) atoms. The highest BCUT2D eigenvalue weighted by molar-refractivity contribution is 6.05. The third-order valence-electron chi connectivity index (χ3n) is 4.48.